The first-order valence-electron chi connectivity index (χ1n) is 5.78. The third-order valence-electron chi connectivity index (χ3n) is 2.92. The lowest BCUT2D eigenvalue weighted by Gasteiger charge is -2.19. The number of nitrogens with one attached hydrogen (secondary N) is 1. The molecule has 0 spiro atoms. The number of aliphatic hydroxyl groups excluding tert-OH is 1. The smallest absolute Gasteiger partial charge is 0.240 e. The SMILES string of the molecule is COc1ccc(S(=O)(=O)NC(C)C(C)CO)cc1Cl. The van der Waals surface area contributed by atoms with Crippen LogP contribution in [-0.4, -0.2) is 33.3 Å². The van der Waals surface area contributed by atoms with E-state index in [2.05, 4.69) is 4.72 Å². The molecule has 1 rings (SSSR count). The van der Waals surface area contributed by atoms with Gasteiger partial charge in [-0.25, -0.2) is 13.1 Å². The highest BCUT2D eigenvalue weighted by molar-refractivity contribution is 7.89. The summed E-state index contributed by atoms with van der Waals surface area (Å²) >= 11 is 5.90. The summed E-state index contributed by atoms with van der Waals surface area (Å²) in [4.78, 5) is 0.0651. The molecule has 2 atom stereocenters. The number of benzene rings is 1. The number of methoxy groups -OCH3 is 1. The zero-order valence-electron chi connectivity index (χ0n) is 11.1. The predicted molar refractivity (Wildman–Crippen MR) is 74.0 cm³/mol. The summed E-state index contributed by atoms with van der Waals surface area (Å²) in [6.07, 6.45) is 0. The quantitative estimate of drug-likeness (QED) is 0.838. The molecule has 0 radical (unpaired) electrons. The molecule has 1 aromatic rings. The minimum atomic E-state index is -3.66. The van der Waals surface area contributed by atoms with E-state index < -0.39 is 10.0 Å². The molecule has 19 heavy (non-hydrogen) atoms. The summed E-state index contributed by atoms with van der Waals surface area (Å²) in [5.41, 5.74) is 0. The van der Waals surface area contributed by atoms with Crippen molar-refractivity contribution < 1.29 is 18.3 Å². The van der Waals surface area contributed by atoms with Crippen molar-refractivity contribution in [3.8, 4) is 5.75 Å². The Balaban J connectivity index is 2.98. The second kappa shape index (κ2) is 6.56. The number of sulfonamides is 1. The van der Waals surface area contributed by atoms with Crippen molar-refractivity contribution in [2.45, 2.75) is 24.8 Å². The average molecular weight is 308 g/mol. The number of hydrogen-bond donors (Lipinski definition) is 2. The number of aliphatic hydroxyl groups is 1. The van der Waals surface area contributed by atoms with Gasteiger partial charge in [0.2, 0.25) is 10.0 Å². The van der Waals surface area contributed by atoms with Gasteiger partial charge in [-0.3, -0.25) is 0 Å². The van der Waals surface area contributed by atoms with Crippen molar-refractivity contribution in [1.29, 1.82) is 0 Å². The predicted octanol–water partition coefficient (Wildman–Crippen LogP) is 1.64. The van der Waals surface area contributed by atoms with Crippen LogP contribution >= 0.6 is 11.6 Å². The minimum absolute atomic E-state index is 0.0651. The van der Waals surface area contributed by atoms with Crippen LogP contribution in [0.25, 0.3) is 0 Å². The van der Waals surface area contributed by atoms with E-state index in [9.17, 15) is 8.42 Å². The van der Waals surface area contributed by atoms with Crippen LogP contribution in [0.15, 0.2) is 23.1 Å². The largest absolute Gasteiger partial charge is 0.495 e. The maximum Gasteiger partial charge on any atom is 0.240 e. The van der Waals surface area contributed by atoms with E-state index in [4.69, 9.17) is 21.4 Å². The summed E-state index contributed by atoms with van der Waals surface area (Å²) < 4.78 is 31.7. The first kappa shape index (κ1) is 16.2. The molecule has 0 aliphatic carbocycles. The molecule has 2 N–H and O–H groups in total. The van der Waals surface area contributed by atoms with Gasteiger partial charge >= 0.3 is 0 Å². The highest BCUT2D eigenvalue weighted by atomic mass is 35.5. The molecule has 108 valence electrons. The summed E-state index contributed by atoms with van der Waals surface area (Å²) in [5.74, 6) is 0.237. The molecular weight excluding hydrogens is 290 g/mol. The summed E-state index contributed by atoms with van der Waals surface area (Å²) in [7, 11) is -2.21. The molecule has 0 bridgehead atoms. The molecule has 0 fully saturated rings. The molecule has 7 heteroatoms. The fraction of sp³-hybridized carbons (Fsp3) is 0.500. The maximum absolute atomic E-state index is 12.1. The standard InChI is InChI=1S/C12H18ClNO4S/c1-8(7-15)9(2)14-19(16,17)10-4-5-12(18-3)11(13)6-10/h4-6,8-9,14-15H,7H2,1-3H3. The molecule has 0 aromatic heterocycles. The van der Waals surface area contributed by atoms with Gasteiger partial charge in [-0.15, -0.1) is 0 Å². The van der Waals surface area contributed by atoms with Gasteiger partial charge < -0.3 is 9.84 Å². The van der Waals surface area contributed by atoms with Crippen LogP contribution in [0.4, 0.5) is 0 Å². The van der Waals surface area contributed by atoms with Gasteiger partial charge in [0.15, 0.2) is 0 Å². The molecule has 2 unspecified atom stereocenters. The van der Waals surface area contributed by atoms with E-state index >= 15 is 0 Å². The van der Waals surface area contributed by atoms with Crippen molar-refractivity contribution in [2.24, 2.45) is 5.92 Å². The van der Waals surface area contributed by atoms with Gasteiger partial charge in [0.05, 0.1) is 17.0 Å². The summed E-state index contributed by atoms with van der Waals surface area (Å²) in [6, 6.07) is 3.87. The highest BCUT2D eigenvalue weighted by Gasteiger charge is 2.21. The molecule has 0 aliphatic heterocycles. The lowest BCUT2D eigenvalue weighted by molar-refractivity contribution is 0.216. The van der Waals surface area contributed by atoms with Gasteiger partial charge in [-0.2, -0.15) is 0 Å². The molecule has 1 aromatic carbocycles. The molecule has 0 amide bonds. The Labute approximate surface area is 118 Å². The van der Waals surface area contributed by atoms with Crippen LogP contribution in [-0.2, 0) is 10.0 Å². The van der Waals surface area contributed by atoms with Gasteiger partial charge in [0.1, 0.15) is 5.75 Å². The van der Waals surface area contributed by atoms with E-state index in [1.54, 1.807) is 13.8 Å². The number of rotatable bonds is 6. The Morgan fingerprint density at radius 1 is 1.42 bits per heavy atom. The van der Waals surface area contributed by atoms with Crippen molar-refractivity contribution in [2.75, 3.05) is 13.7 Å². The molecule has 0 saturated carbocycles. The third-order valence-corrected chi connectivity index (χ3v) is 4.77. The lowest BCUT2D eigenvalue weighted by Crippen LogP contribution is -2.38. The highest BCUT2D eigenvalue weighted by Crippen LogP contribution is 2.27. The maximum atomic E-state index is 12.1. The summed E-state index contributed by atoms with van der Waals surface area (Å²) in [5, 5.41) is 9.24. The zero-order chi connectivity index (χ0) is 14.6. The van der Waals surface area contributed by atoms with E-state index in [1.807, 2.05) is 0 Å². The molecule has 0 saturated heterocycles. The molecular formula is C12H18ClNO4S. The van der Waals surface area contributed by atoms with Crippen LogP contribution < -0.4 is 9.46 Å². The average Bonchev–Trinajstić information content (AvgIpc) is 2.37. The monoisotopic (exact) mass is 307 g/mol. The lowest BCUT2D eigenvalue weighted by atomic mass is 10.1. The number of hydrogen-bond acceptors (Lipinski definition) is 4. The topological polar surface area (TPSA) is 75.6 Å². The molecule has 0 heterocycles. The number of halogens is 1. The van der Waals surface area contributed by atoms with E-state index in [-0.39, 0.29) is 28.5 Å². The second-order valence-electron chi connectivity index (χ2n) is 4.37. The fourth-order valence-corrected chi connectivity index (χ4v) is 3.10. The van der Waals surface area contributed by atoms with Crippen molar-refractivity contribution >= 4 is 21.6 Å². The van der Waals surface area contributed by atoms with Crippen LogP contribution in [0.3, 0.4) is 0 Å². The fourth-order valence-electron chi connectivity index (χ4n) is 1.40. The van der Waals surface area contributed by atoms with Crippen LogP contribution in [0, 0.1) is 5.92 Å². The van der Waals surface area contributed by atoms with Gasteiger partial charge in [0.25, 0.3) is 0 Å². The number of ether oxygens (including phenoxy) is 1. The first-order valence-corrected chi connectivity index (χ1v) is 7.64. The van der Waals surface area contributed by atoms with Gasteiger partial charge in [-0.1, -0.05) is 18.5 Å². The Morgan fingerprint density at radius 3 is 2.53 bits per heavy atom. The van der Waals surface area contributed by atoms with Crippen LogP contribution in [0.1, 0.15) is 13.8 Å². The van der Waals surface area contributed by atoms with Crippen molar-refractivity contribution in [1.82, 2.24) is 4.72 Å². The van der Waals surface area contributed by atoms with Crippen molar-refractivity contribution in [3.05, 3.63) is 23.2 Å². The second-order valence-corrected chi connectivity index (χ2v) is 6.49. The van der Waals surface area contributed by atoms with E-state index in [0.717, 1.165) is 0 Å². The van der Waals surface area contributed by atoms with Gasteiger partial charge in [0, 0.05) is 12.6 Å². The van der Waals surface area contributed by atoms with E-state index in [1.165, 1.54) is 25.3 Å². The minimum Gasteiger partial charge on any atom is -0.495 e. The Morgan fingerprint density at radius 2 is 2.05 bits per heavy atom. The summed E-state index contributed by atoms with van der Waals surface area (Å²) in [6.45, 7) is 3.37. The Hall–Kier alpha value is -0.820. The normalized spacial score (nSPS) is 15.0. The van der Waals surface area contributed by atoms with Crippen molar-refractivity contribution in [3.63, 3.8) is 0 Å². The third kappa shape index (κ3) is 4.07. The molecule has 5 nitrogen and oxygen atoms in total. The van der Waals surface area contributed by atoms with Gasteiger partial charge in [-0.05, 0) is 31.0 Å². The zero-order valence-corrected chi connectivity index (χ0v) is 12.6. The van der Waals surface area contributed by atoms with Crippen LogP contribution in [0.5, 0.6) is 5.75 Å². The Bertz CT molecular complexity index is 533. The first-order chi connectivity index (χ1) is 8.81. The molecule has 0 aliphatic rings. The Kier molecular flexibility index (Phi) is 5.61. The van der Waals surface area contributed by atoms with E-state index in [0.29, 0.717) is 5.75 Å². The van der Waals surface area contributed by atoms with Crippen LogP contribution in [0.2, 0.25) is 5.02 Å².